The van der Waals surface area contributed by atoms with Gasteiger partial charge in [0.25, 0.3) is 10.2 Å². The van der Waals surface area contributed by atoms with Gasteiger partial charge in [0.15, 0.2) is 0 Å². The lowest BCUT2D eigenvalue weighted by atomic mass is 9.98. The fourth-order valence-electron chi connectivity index (χ4n) is 2.21. The number of anilines is 2. The molecule has 0 aromatic heterocycles. The average Bonchev–Trinajstić information content (AvgIpc) is 2.39. The Kier molecular flexibility index (Phi) is 4.85. The van der Waals surface area contributed by atoms with E-state index in [0.717, 1.165) is 24.1 Å². The van der Waals surface area contributed by atoms with Crippen LogP contribution >= 0.6 is 0 Å². The molecule has 0 saturated heterocycles. The lowest BCUT2D eigenvalue weighted by Gasteiger charge is -2.26. The zero-order valence-electron chi connectivity index (χ0n) is 11.8. The average molecular weight is 299 g/mol. The molecular weight excluding hydrogens is 278 g/mol. The number of hydrogen-bond acceptors (Lipinski definition) is 4. The van der Waals surface area contributed by atoms with Crippen LogP contribution in [0.5, 0.6) is 0 Å². The van der Waals surface area contributed by atoms with E-state index in [2.05, 4.69) is 21.7 Å². The lowest BCUT2D eigenvalue weighted by Crippen LogP contribution is -2.33. The molecule has 3 N–H and O–H groups in total. The second kappa shape index (κ2) is 6.43. The maximum atomic E-state index is 11.9. The molecule has 1 aliphatic rings. The second-order valence-electron chi connectivity index (χ2n) is 4.92. The second-order valence-corrected chi connectivity index (χ2v) is 6.42. The summed E-state index contributed by atoms with van der Waals surface area (Å²) >= 11 is 0. The van der Waals surface area contributed by atoms with E-state index in [-0.39, 0.29) is 6.54 Å². The van der Waals surface area contributed by atoms with Crippen molar-refractivity contribution in [1.29, 1.82) is 0 Å². The highest BCUT2D eigenvalue weighted by atomic mass is 32.2. The Morgan fingerprint density at radius 3 is 3.00 bits per heavy atom. The van der Waals surface area contributed by atoms with Crippen LogP contribution in [0.25, 0.3) is 0 Å². The summed E-state index contributed by atoms with van der Waals surface area (Å²) in [6, 6.07) is 5.99. The normalized spacial score (nSPS) is 18.2. The first-order chi connectivity index (χ1) is 9.52. The minimum atomic E-state index is -3.58. The highest BCUT2D eigenvalue weighted by molar-refractivity contribution is 7.90. The topological polar surface area (TPSA) is 79.5 Å². The van der Waals surface area contributed by atoms with E-state index in [4.69, 9.17) is 4.74 Å². The molecule has 20 heavy (non-hydrogen) atoms. The molecule has 0 bridgehead atoms. The van der Waals surface area contributed by atoms with Crippen molar-refractivity contribution in [3.63, 3.8) is 0 Å². The minimum Gasteiger partial charge on any atom is -0.383 e. The standard InChI is InChI=1S/C13H21N3O3S/c1-10-6-7-11-4-3-5-12(13(11)15-10)16-20(17,18)14-8-9-19-2/h3-5,10,14-16H,6-9H2,1-2H3. The van der Waals surface area contributed by atoms with Gasteiger partial charge in [-0.05, 0) is 31.4 Å². The van der Waals surface area contributed by atoms with Gasteiger partial charge >= 0.3 is 0 Å². The quantitative estimate of drug-likeness (QED) is 0.692. The smallest absolute Gasteiger partial charge is 0.299 e. The van der Waals surface area contributed by atoms with E-state index < -0.39 is 10.2 Å². The van der Waals surface area contributed by atoms with Crippen LogP contribution in [0.4, 0.5) is 11.4 Å². The Bertz CT molecular complexity index is 560. The Balaban J connectivity index is 2.13. The van der Waals surface area contributed by atoms with Gasteiger partial charge in [-0.1, -0.05) is 12.1 Å². The zero-order valence-corrected chi connectivity index (χ0v) is 12.6. The maximum absolute atomic E-state index is 11.9. The molecule has 0 radical (unpaired) electrons. The van der Waals surface area contributed by atoms with Crippen molar-refractivity contribution < 1.29 is 13.2 Å². The SMILES string of the molecule is COCCNS(=O)(=O)Nc1cccc2c1NC(C)CC2. The molecule has 0 fully saturated rings. The predicted octanol–water partition coefficient (Wildman–Crippen LogP) is 1.33. The van der Waals surface area contributed by atoms with E-state index in [1.807, 2.05) is 12.1 Å². The van der Waals surface area contributed by atoms with Crippen molar-refractivity contribution in [2.75, 3.05) is 30.3 Å². The van der Waals surface area contributed by atoms with Crippen molar-refractivity contribution in [3.8, 4) is 0 Å². The number of nitrogens with one attached hydrogen (secondary N) is 3. The van der Waals surface area contributed by atoms with Gasteiger partial charge in [0, 0.05) is 19.7 Å². The van der Waals surface area contributed by atoms with Gasteiger partial charge < -0.3 is 10.1 Å². The highest BCUT2D eigenvalue weighted by Crippen LogP contribution is 2.32. The molecule has 0 spiro atoms. The molecule has 1 aromatic rings. The first-order valence-corrected chi connectivity index (χ1v) is 8.15. The van der Waals surface area contributed by atoms with Crippen LogP contribution < -0.4 is 14.8 Å². The summed E-state index contributed by atoms with van der Waals surface area (Å²) in [4.78, 5) is 0. The van der Waals surface area contributed by atoms with Crippen LogP contribution in [-0.4, -0.2) is 34.7 Å². The zero-order chi connectivity index (χ0) is 14.6. The van der Waals surface area contributed by atoms with Gasteiger partial charge in [0.2, 0.25) is 0 Å². The molecule has 7 heteroatoms. The summed E-state index contributed by atoms with van der Waals surface area (Å²) in [6.07, 6.45) is 2.01. The molecule has 1 atom stereocenters. The third kappa shape index (κ3) is 3.84. The van der Waals surface area contributed by atoms with Crippen molar-refractivity contribution in [1.82, 2.24) is 4.72 Å². The van der Waals surface area contributed by atoms with Gasteiger partial charge in [0.05, 0.1) is 18.0 Å². The summed E-state index contributed by atoms with van der Waals surface area (Å²) in [6.45, 7) is 2.67. The third-order valence-corrected chi connectivity index (χ3v) is 4.30. The fraction of sp³-hybridized carbons (Fsp3) is 0.538. The van der Waals surface area contributed by atoms with Crippen LogP contribution in [0, 0.1) is 0 Å². The minimum absolute atomic E-state index is 0.241. The first-order valence-electron chi connectivity index (χ1n) is 6.66. The van der Waals surface area contributed by atoms with Gasteiger partial charge in [-0.3, -0.25) is 4.72 Å². The summed E-state index contributed by atoms with van der Waals surface area (Å²) in [5.41, 5.74) is 2.60. The van der Waals surface area contributed by atoms with E-state index in [1.165, 1.54) is 7.11 Å². The predicted molar refractivity (Wildman–Crippen MR) is 80.3 cm³/mol. The van der Waals surface area contributed by atoms with Gasteiger partial charge in [-0.15, -0.1) is 0 Å². The van der Waals surface area contributed by atoms with Crippen LogP contribution in [-0.2, 0) is 21.4 Å². The van der Waals surface area contributed by atoms with E-state index in [9.17, 15) is 8.42 Å². The first kappa shape index (κ1) is 15.1. The summed E-state index contributed by atoms with van der Waals surface area (Å²) in [5, 5.41) is 3.34. The van der Waals surface area contributed by atoms with Crippen LogP contribution in [0.15, 0.2) is 18.2 Å². The van der Waals surface area contributed by atoms with Crippen molar-refractivity contribution >= 4 is 21.6 Å². The maximum Gasteiger partial charge on any atom is 0.299 e. The highest BCUT2D eigenvalue weighted by Gasteiger charge is 2.19. The number of rotatable bonds is 6. The van der Waals surface area contributed by atoms with Gasteiger partial charge in [-0.25, -0.2) is 0 Å². The summed E-state index contributed by atoms with van der Waals surface area (Å²) in [7, 11) is -2.05. The van der Waals surface area contributed by atoms with E-state index >= 15 is 0 Å². The number of para-hydroxylation sites is 1. The molecule has 1 aliphatic heterocycles. The van der Waals surface area contributed by atoms with Crippen molar-refractivity contribution in [2.24, 2.45) is 0 Å². The summed E-state index contributed by atoms with van der Waals surface area (Å²) in [5.74, 6) is 0. The third-order valence-electron chi connectivity index (χ3n) is 3.23. The molecule has 0 amide bonds. The Labute approximate surface area is 120 Å². The van der Waals surface area contributed by atoms with E-state index in [1.54, 1.807) is 6.07 Å². The van der Waals surface area contributed by atoms with Crippen LogP contribution in [0.3, 0.4) is 0 Å². The van der Waals surface area contributed by atoms with Crippen molar-refractivity contribution in [2.45, 2.75) is 25.8 Å². The molecule has 6 nitrogen and oxygen atoms in total. The van der Waals surface area contributed by atoms with Crippen LogP contribution in [0.2, 0.25) is 0 Å². The largest absolute Gasteiger partial charge is 0.383 e. The Morgan fingerprint density at radius 2 is 2.25 bits per heavy atom. The van der Waals surface area contributed by atoms with E-state index in [0.29, 0.717) is 18.3 Å². The molecule has 1 unspecified atom stereocenters. The number of aryl methyl sites for hydroxylation is 1. The molecule has 2 rings (SSSR count). The molecule has 1 aromatic carbocycles. The lowest BCUT2D eigenvalue weighted by molar-refractivity contribution is 0.204. The molecule has 0 saturated carbocycles. The fourth-order valence-corrected chi connectivity index (χ4v) is 3.10. The van der Waals surface area contributed by atoms with Crippen molar-refractivity contribution in [3.05, 3.63) is 23.8 Å². The molecule has 1 heterocycles. The Morgan fingerprint density at radius 1 is 1.45 bits per heavy atom. The number of ether oxygens (including phenoxy) is 1. The van der Waals surface area contributed by atoms with Crippen LogP contribution in [0.1, 0.15) is 18.9 Å². The number of methoxy groups -OCH3 is 1. The summed E-state index contributed by atoms with van der Waals surface area (Å²) < 4.78 is 33.7. The Hall–Kier alpha value is -1.31. The molecular formula is C13H21N3O3S. The van der Waals surface area contributed by atoms with Gasteiger partial charge in [-0.2, -0.15) is 13.1 Å². The number of benzene rings is 1. The molecule has 0 aliphatic carbocycles. The monoisotopic (exact) mass is 299 g/mol. The number of hydrogen-bond donors (Lipinski definition) is 3. The number of fused-ring (bicyclic) bond motifs is 1. The molecule has 112 valence electrons. The van der Waals surface area contributed by atoms with Gasteiger partial charge in [0.1, 0.15) is 0 Å².